The van der Waals surface area contributed by atoms with Gasteiger partial charge in [-0.3, -0.25) is 19.2 Å². The molecule has 198 valence electrons. The molecule has 1 aromatic rings. The van der Waals surface area contributed by atoms with Crippen LogP contribution in [0, 0.1) is 5.92 Å². The van der Waals surface area contributed by atoms with Gasteiger partial charge in [0.15, 0.2) is 0 Å². The number of hydrogen-bond acceptors (Lipinski definition) is 7. The Balaban J connectivity index is 2.10. The smallest absolute Gasteiger partial charge is 0.326 e. The summed E-state index contributed by atoms with van der Waals surface area (Å²) in [7, 11) is 0. The summed E-state index contributed by atoms with van der Waals surface area (Å²) in [5, 5.41) is 32.4. The second-order valence-corrected chi connectivity index (χ2v) is 9.04. The highest BCUT2D eigenvalue weighted by molar-refractivity contribution is 5.95. The minimum Gasteiger partial charge on any atom is -0.508 e. The number of benzene rings is 1. The molecule has 2 rings (SSSR count). The monoisotopic (exact) mass is 506 g/mol. The zero-order valence-corrected chi connectivity index (χ0v) is 20.3. The molecule has 1 saturated heterocycles. The Morgan fingerprint density at radius 3 is 2.31 bits per heavy atom. The third-order valence-corrected chi connectivity index (χ3v) is 6.33. The second-order valence-electron chi connectivity index (χ2n) is 9.04. The maximum absolute atomic E-state index is 13.1. The van der Waals surface area contributed by atoms with Gasteiger partial charge in [-0.1, -0.05) is 32.4 Å². The number of carboxylic acids is 2. The molecule has 0 aromatic heterocycles. The number of amides is 3. The second kappa shape index (κ2) is 12.9. The van der Waals surface area contributed by atoms with E-state index in [1.54, 1.807) is 26.0 Å². The van der Waals surface area contributed by atoms with Crippen molar-refractivity contribution >= 4 is 29.7 Å². The van der Waals surface area contributed by atoms with Crippen molar-refractivity contribution in [2.75, 3.05) is 6.54 Å². The number of carboxylic acid groups (broad SMARTS) is 2. The number of carbonyl (C=O) groups is 5. The van der Waals surface area contributed by atoms with Crippen molar-refractivity contribution < 1.29 is 39.3 Å². The van der Waals surface area contributed by atoms with Crippen LogP contribution >= 0.6 is 0 Å². The highest BCUT2D eigenvalue weighted by Gasteiger charge is 2.39. The van der Waals surface area contributed by atoms with E-state index in [9.17, 15) is 34.2 Å². The predicted octanol–water partition coefficient (Wildman–Crippen LogP) is -0.172. The summed E-state index contributed by atoms with van der Waals surface area (Å²) >= 11 is 0. The standard InChI is InChI=1S/C24H34N4O8/c1-3-13(2)20(22(33)26-17(24(35)36)12-19(30)31)27-21(32)18-5-4-10-28(18)23(34)16(25)11-14-6-8-15(29)9-7-14/h6-9,13,16-18,20,29H,3-5,10-12,25H2,1-2H3,(H,26,33)(H,27,32)(H,30,31)(H,35,36). The fraction of sp³-hybridized carbons (Fsp3) is 0.542. The molecular weight excluding hydrogens is 472 g/mol. The van der Waals surface area contributed by atoms with Crippen LogP contribution in [0.3, 0.4) is 0 Å². The minimum absolute atomic E-state index is 0.0902. The van der Waals surface area contributed by atoms with Crippen molar-refractivity contribution in [3.8, 4) is 5.75 Å². The molecule has 0 radical (unpaired) electrons. The third-order valence-electron chi connectivity index (χ3n) is 6.33. The van der Waals surface area contributed by atoms with Crippen LogP contribution in [0.5, 0.6) is 5.75 Å². The molecule has 5 unspecified atom stereocenters. The number of nitrogens with one attached hydrogen (secondary N) is 2. The number of aliphatic carboxylic acids is 2. The molecule has 7 N–H and O–H groups in total. The maximum atomic E-state index is 13.1. The van der Waals surface area contributed by atoms with Gasteiger partial charge >= 0.3 is 11.9 Å². The SMILES string of the molecule is CCC(C)C(NC(=O)C1CCCN1C(=O)C(N)Cc1ccc(O)cc1)C(=O)NC(CC(=O)O)C(=O)O. The maximum Gasteiger partial charge on any atom is 0.326 e. The third kappa shape index (κ3) is 7.67. The Hall–Kier alpha value is -3.67. The lowest BCUT2D eigenvalue weighted by Crippen LogP contribution is -2.58. The van der Waals surface area contributed by atoms with Crippen molar-refractivity contribution in [2.45, 2.75) is 70.1 Å². The van der Waals surface area contributed by atoms with Crippen molar-refractivity contribution in [3.63, 3.8) is 0 Å². The number of hydrogen-bond donors (Lipinski definition) is 6. The molecule has 0 saturated carbocycles. The number of phenolic OH excluding ortho intramolecular Hbond substituents is 1. The van der Waals surface area contributed by atoms with E-state index in [-0.39, 0.29) is 12.2 Å². The molecule has 1 aliphatic heterocycles. The summed E-state index contributed by atoms with van der Waals surface area (Å²) in [6, 6.07) is 1.75. The van der Waals surface area contributed by atoms with Crippen LogP contribution in [0.25, 0.3) is 0 Å². The molecule has 1 heterocycles. The van der Waals surface area contributed by atoms with Crippen molar-refractivity contribution in [3.05, 3.63) is 29.8 Å². The Bertz CT molecular complexity index is 967. The molecule has 1 fully saturated rings. The van der Waals surface area contributed by atoms with Crippen LogP contribution in [0.4, 0.5) is 0 Å². The molecule has 0 spiro atoms. The molecule has 12 heteroatoms. The quantitative estimate of drug-likeness (QED) is 0.223. The summed E-state index contributed by atoms with van der Waals surface area (Å²) < 4.78 is 0. The van der Waals surface area contributed by atoms with Gasteiger partial charge in [0.05, 0.1) is 12.5 Å². The molecule has 0 aliphatic carbocycles. The van der Waals surface area contributed by atoms with Crippen molar-refractivity contribution in [2.24, 2.45) is 11.7 Å². The van der Waals surface area contributed by atoms with Gasteiger partial charge in [-0.25, -0.2) is 4.79 Å². The van der Waals surface area contributed by atoms with Crippen LogP contribution in [0.1, 0.15) is 45.1 Å². The molecule has 1 aromatic carbocycles. The lowest BCUT2D eigenvalue weighted by atomic mass is 9.97. The Kier molecular flexibility index (Phi) is 10.2. The number of rotatable bonds is 12. The van der Waals surface area contributed by atoms with Gasteiger partial charge in [0, 0.05) is 6.54 Å². The predicted molar refractivity (Wildman–Crippen MR) is 128 cm³/mol. The topological polar surface area (TPSA) is 199 Å². The van der Waals surface area contributed by atoms with E-state index in [1.807, 2.05) is 0 Å². The summed E-state index contributed by atoms with van der Waals surface area (Å²) in [5.74, 6) is -5.00. The van der Waals surface area contributed by atoms with Crippen LogP contribution < -0.4 is 16.4 Å². The molecule has 12 nitrogen and oxygen atoms in total. The summed E-state index contributed by atoms with van der Waals surface area (Å²) in [4.78, 5) is 62.7. The van der Waals surface area contributed by atoms with Gasteiger partial charge in [-0.2, -0.15) is 0 Å². The molecule has 0 bridgehead atoms. The first-order valence-electron chi connectivity index (χ1n) is 11.8. The van der Waals surface area contributed by atoms with E-state index < -0.39 is 66.2 Å². The number of phenols is 1. The first-order valence-corrected chi connectivity index (χ1v) is 11.8. The summed E-state index contributed by atoms with van der Waals surface area (Å²) in [6.07, 6.45) is 0.804. The van der Waals surface area contributed by atoms with E-state index in [0.29, 0.717) is 25.8 Å². The molecule has 1 aliphatic rings. The summed E-state index contributed by atoms with van der Waals surface area (Å²) in [6.45, 7) is 3.81. The largest absolute Gasteiger partial charge is 0.508 e. The van der Waals surface area contributed by atoms with E-state index in [2.05, 4.69) is 10.6 Å². The van der Waals surface area contributed by atoms with E-state index in [4.69, 9.17) is 10.8 Å². The van der Waals surface area contributed by atoms with E-state index in [1.165, 1.54) is 17.0 Å². The lowest BCUT2D eigenvalue weighted by Gasteiger charge is -2.30. The first kappa shape index (κ1) is 28.6. The molecule has 36 heavy (non-hydrogen) atoms. The Morgan fingerprint density at radius 1 is 1.11 bits per heavy atom. The van der Waals surface area contributed by atoms with Gasteiger partial charge in [0.25, 0.3) is 0 Å². The number of aromatic hydroxyl groups is 1. The molecule has 3 amide bonds. The zero-order valence-electron chi connectivity index (χ0n) is 20.3. The fourth-order valence-corrected chi connectivity index (χ4v) is 4.08. The molecular formula is C24H34N4O8. The van der Waals surface area contributed by atoms with Gasteiger partial charge < -0.3 is 36.6 Å². The lowest BCUT2D eigenvalue weighted by molar-refractivity contribution is -0.147. The average molecular weight is 507 g/mol. The normalized spacial score (nSPS) is 18.5. The Morgan fingerprint density at radius 2 is 1.75 bits per heavy atom. The van der Waals surface area contributed by atoms with Crippen LogP contribution in [-0.2, 0) is 30.4 Å². The van der Waals surface area contributed by atoms with Crippen LogP contribution in [0.15, 0.2) is 24.3 Å². The highest BCUT2D eigenvalue weighted by atomic mass is 16.4. The van der Waals surface area contributed by atoms with Gasteiger partial charge in [0.2, 0.25) is 17.7 Å². The Labute approximate surface area is 208 Å². The van der Waals surface area contributed by atoms with Crippen LogP contribution in [-0.4, -0.2) is 80.6 Å². The van der Waals surface area contributed by atoms with E-state index >= 15 is 0 Å². The minimum atomic E-state index is -1.65. The van der Waals surface area contributed by atoms with Gasteiger partial charge in [0.1, 0.15) is 23.9 Å². The van der Waals surface area contributed by atoms with Gasteiger partial charge in [-0.05, 0) is 42.9 Å². The van der Waals surface area contributed by atoms with E-state index in [0.717, 1.165) is 5.56 Å². The van der Waals surface area contributed by atoms with Crippen LogP contribution in [0.2, 0.25) is 0 Å². The van der Waals surface area contributed by atoms with Crippen molar-refractivity contribution in [1.29, 1.82) is 0 Å². The number of carbonyl (C=O) groups excluding carboxylic acids is 3. The number of nitrogens with two attached hydrogens (primary N) is 1. The number of nitrogens with zero attached hydrogens (tertiary/aromatic N) is 1. The average Bonchev–Trinajstić information content (AvgIpc) is 3.32. The molecule has 5 atom stereocenters. The summed E-state index contributed by atoms with van der Waals surface area (Å²) in [5.41, 5.74) is 6.87. The number of likely N-dealkylation sites (tertiary alicyclic amines) is 1. The first-order chi connectivity index (χ1) is 16.9. The zero-order chi connectivity index (χ0) is 27.0. The van der Waals surface area contributed by atoms with Gasteiger partial charge in [-0.15, -0.1) is 0 Å². The fourth-order valence-electron chi connectivity index (χ4n) is 4.08. The highest BCUT2D eigenvalue weighted by Crippen LogP contribution is 2.21. The van der Waals surface area contributed by atoms with Crippen molar-refractivity contribution in [1.82, 2.24) is 15.5 Å².